The van der Waals surface area contributed by atoms with E-state index in [1.54, 1.807) is 0 Å². The van der Waals surface area contributed by atoms with Gasteiger partial charge in [0.1, 0.15) is 0 Å². The van der Waals surface area contributed by atoms with Gasteiger partial charge in [-0.1, -0.05) is 133 Å². The lowest BCUT2D eigenvalue weighted by Gasteiger charge is -2.18. The lowest BCUT2D eigenvalue weighted by atomic mass is 9.85. The molecular formula is C52H31N3. The summed E-state index contributed by atoms with van der Waals surface area (Å²) in [5.41, 5.74) is 13.2. The molecule has 0 saturated heterocycles. The van der Waals surface area contributed by atoms with E-state index >= 15 is 0 Å². The maximum atomic E-state index is 10.2. The minimum atomic E-state index is 0.608. The Balaban J connectivity index is 1.07. The van der Waals surface area contributed by atoms with Gasteiger partial charge in [0.25, 0.3) is 0 Å². The van der Waals surface area contributed by atoms with Crippen LogP contribution >= 0.6 is 0 Å². The maximum Gasteiger partial charge on any atom is 0.0992 e. The molecule has 3 nitrogen and oxygen atoms in total. The Hall–Kier alpha value is -7.72. The number of nitrogens with zero attached hydrogens (tertiary/aromatic N) is 3. The third kappa shape index (κ3) is 5.35. The van der Waals surface area contributed by atoms with Crippen molar-refractivity contribution in [2.75, 3.05) is 0 Å². The summed E-state index contributed by atoms with van der Waals surface area (Å²) in [6, 6.07) is 70.3. The molecule has 9 aromatic carbocycles. The minimum absolute atomic E-state index is 0.608. The molecule has 0 bridgehead atoms. The largest absolute Gasteiger partial charge is 0.309 e. The van der Waals surface area contributed by atoms with Crippen molar-refractivity contribution in [3.63, 3.8) is 0 Å². The maximum absolute atomic E-state index is 10.2. The third-order valence-corrected chi connectivity index (χ3v) is 10.8. The van der Waals surface area contributed by atoms with Crippen molar-refractivity contribution in [3.05, 3.63) is 199 Å². The number of hydrogen-bond acceptors (Lipinski definition) is 2. The number of aromatic nitrogens is 1. The van der Waals surface area contributed by atoms with Gasteiger partial charge in [-0.3, -0.25) is 0 Å². The number of rotatable bonds is 5. The molecule has 0 unspecified atom stereocenters. The van der Waals surface area contributed by atoms with E-state index in [1.165, 1.54) is 38.2 Å². The van der Waals surface area contributed by atoms with E-state index in [1.807, 2.05) is 42.5 Å². The molecule has 254 valence electrons. The highest BCUT2D eigenvalue weighted by Crippen LogP contribution is 2.44. The first-order valence-electron chi connectivity index (χ1n) is 18.4. The molecule has 1 heterocycles. The molecule has 0 aliphatic heterocycles. The van der Waals surface area contributed by atoms with Crippen LogP contribution in [0.1, 0.15) is 11.1 Å². The molecule has 1 aromatic heterocycles. The summed E-state index contributed by atoms with van der Waals surface area (Å²) >= 11 is 0. The molecule has 0 spiro atoms. The Morgan fingerprint density at radius 3 is 1.45 bits per heavy atom. The Morgan fingerprint density at radius 1 is 0.309 bits per heavy atom. The van der Waals surface area contributed by atoms with Crippen LogP contribution in [-0.2, 0) is 0 Å². The van der Waals surface area contributed by atoms with E-state index in [0.717, 1.165) is 55.3 Å². The molecule has 0 atom stereocenters. The average molecular weight is 698 g/mol. The van der Waals surface area contributed by atoms with E-state index in [-0.39, 0.29) is 0 Å². The van der Waals surface area contributed by atoms with Gasteiger partial charge in [0.15, 0.2) is 0 Å². The van der Waals surface area contributed by atoms with Gasteiger partial charge in [-0.2, -0.15) is 10.5 Å². The Morgan fingerprint density at radius 2 is 0.818 bits per heavy atom. The lowest BCUT2D eigenvalue weighted by Crippen LogP contribution is -1.94. The van der Waals surface area contributed by atoms with Gasteiger partial charge >= 0.3 is 0 Å². The molecule has 0 aliphatic rings. The predicted octanol–water partition coefficient (Wildman–Crippen LogP) is 13.5. The van der Waals surface area contributed by atoms with Crippen LogP contribution in [0, 0.1) is 22.7 Å². The molecule has 0 saturated carbocycles. The summed E-state index contributed by atoms with van der Waals surface area (Å²) in [6.45, 7) is 0. The average Bonchev–Trinajstić information content (AvgIpc) is 3.59. The minimum Gasteiger partial charge on any atom is -0.309 e. The van der Waals surface area contributed by atoms with Gasteiger partial charge in [-0.25, -0.2) is 0 Å². The molecule has 0 aliphatic carbocycles. The predicted molar refractivity (Wildman–Crippen MR) is 227 cm³/mol. The fourth-order valence-electron chi connectivity index (χ4n) is 8.36. The highest BCUT2D eigenvalue weighted by atomic mass is 15.0. The fraction of sp³-hybridized carbons (Fsp3) is 0. The van der Waals surface area contributed by atoms with Crippen LogP contribution in [0.4, 0.5) is 0 Å². The SMILES string of the molecule is N#Cc1cc(-c2ccc(-c3c4ccccc4c(-c4ccccc4)c4ccccc34)cc2)cc(-c2cccc(-n3c4ccccc4c4cc(C#N)ccc43)c2)c1. The standard InChI is InChI=1S/C52H31N3/c53-32-34-21-26-50-48(29-34)43-15-8-9-20-49(43)55(50)42-14-10-13-39(31-42)41-28-35(33-54)27-40(30-41)36-22-24-38(25-23-36)52-46-18-6-4-16-44(46)51(37-11-2-1-3-12-37)45-17-5-7-19-47(45)52/h1-31H. The molecule has 0 radical (unpaired) electrons. The topological polar surface area (TPSA) is 52.5 Å². The molecule has 10 aromatic rings. The van der Waals surface area contributed by atoms with Gasteiger partial charge in [0, 0.05) is 16.5 Å². The van der Waals surface area contributed by atoms with Crippen molar-refractivity contribution in [1.82, 2.24) is 4.57 Å². The van der Waals surface area contributed by atoms with E-state index < -0.39 is 0 Å². The highest BCUT2D eigenvalue weighted by molar-refractivity contribution is 6.21. The summed E-state index contributed by atoms with van der Waals surface area (Å²) in [4.78, 5) is 0. The first-order valence-corrected chi connectivity index (χ1v) is 18.4. The van der Waals surface area contributed by atoms with Crippen LogP contribution in [0.2, 0.25) is 0 Å². The molecule has 10 rings (SSSR count). The van der Waals surface area contributed by atoms with E-state index in [0.29, 0.717) is 11.1 Å². The molecule has 3 heteroatoms. The number of para-hydroxylation sites is 1. The summed E-state index contributed by atoms with van der Waals surface area (Å²) in [7, 11) is 0. The molecule has 0 amide bonds. The van der Waals surface area contributed by atoms with Gasteiger partial charge in [-0.15, -0.1) is 0 Å². The van der Waals surface area contributed by atoms with Crippen LogP contribution in [0.5, 0.6) is 0 Å². The zero-order chi connectivity index (χ0) is 36.9. The molecule has 55 heavy (non-hydrogen) atoms. The van der Waals surface area contributed by atoms with Gasteiger partial charge in [0.2, 0.25) is 0 Å². The lowest BCUT2D eigenvalue weighted by molar-refractivity contribution is 1.18. The Labute approximate surface area is 318 Å². The second-order valence-corrected chi connectivity index (χ2v) is 13.9. The van der Waals surface area contributed by atoms with E-state index in [2.05, 4.69) is 162 Å². The fourth-order valence-corrected chi connectivity index (χ4v) is 8.36. The summed E-state index contributed by atoms with van der Waals surface area (Å²) in [5.74, 6) is 0. The molecule has 0 N–H and O–H groups in total. The van der Waals surface area contributed by atoms with Crippen LogP contribution < -0.4 is 0 Å². The van der Waals surface area contributed by atoms with Crippen LogP contribution in [0.3, 0.4) is 0 Å². The summed E-state index contributed by atoms with van der Waals surface area (Å²) in [5, 5.41) is 26.8. The van der Waals surface area contributed by atoms with Crippen molar-refractivity contribution in [1.29, 1.82) is 10.5 Å². The second-order valence-electron chi connectivity index (χ2n) is 13.9. The normalized spacial score (nSPS) is 11.2. The Kier molecular flexibility index (Phi) is 7.58. The van der Waals surface area contributed by atoms with Crippen LogP contribution in [0.25, 0.3) is 93.5 Å². The van der Waals surface area contributed by atoms with Crippen molar-refractivity contribution >= 4 is 43.4 Å². The zero-order valence-electron chi connectivity index (χ0n) is 29.7. The van der Waals surface area contributed by atoms with E-state index in [4.69, 9.17) is 0 Å². The monoisotopic (exact) mass is 697 g/mol. The number of fused-ring (bicyclic) bond motifs is 5. The van der Waals surface area contributed by atoms with Gasteiger partial charge < -0.3 is 4.57 Å². The van der Waals surface area contributed by atoms with Crippen LogP contribution in [-0.4, -0.2) is 4.57 Å². The second kappa shape index (κ2) is 13.0. The summed E-state index contributed by atoms with van der Waals surface area (Å²) in [6.07, 6.45) is 0. The smallest absolute Gasteiger partial charge is 0.0992 e. The van der Waals surface area contributed by atoms with Crippen molar-refractivity contribution < 1.29 is 0 Å². The zero-order valence-corrected chi connectivity index (χ0v) is 29.7. The van der Waals surface area contributed by atoms with Gasteiger partial charge in [0.05, 0.1) is 34.3 Å². The third-order valence-electron chi connectivity index (χ3n) is 10.8. The Bertz CT molecular complexity index is 3150. The first kappa shape index (κ1) is 32.0. The molecular weight excluding hydrogens is 667 g/mol. The van der Waals surface area contributed by atoms with Crippen molar-refractivity contribution in [2.24, 2.45) is 0 Å². The number of hydrogen-bond donors (Lipinski definition) is 0. The van der Waals surface area contributed by atoms with E-state index in [9.17, 15) is 10.5 Å². The van der Waals surface area contributed by atoms with Crippen LogP contribution in [0.15, 0.2) is 188 Å². The van der Waals surface area contributed by atoms with Gasteiger partial charge in [-0.05, 0) is 121 Å². The van der Waals surface area contributed by atoms with Crippen molar-refractivity contribution in [3.8, 4) is 62.3 Å². The highest BCUT2D eigenvalue weighted by Gasteiger charge is 2.17. The number of benzene rings is 9. The first-order chi connectivity index (χ1) is 27.2. The number of nitriles is 2. The summed E-state index contributed by atoms with van der Waals surface area (Å²) < 4.78 is 2.25. The quantitative estimate of drug-likeness (QED) is 0.168. The van der Waals surface area contributed by atoms with Crippen molar-refractivity contribution in [2.45, 2.75) is 0 Å². The molecule has 0 fully saturated rings.